The molecule has 174 valence electrons. The van der Waals surface area contributed by atoms with Crippen molar-refractivity contribution in [3.63, 3.8) is 0 Å². The number of aromatic nitrogens is 3. The number of carbonyl (C=O) groups is 2. The first-order chi connectivity index (χ1) is 16.9. The van der Waals surface area contributed by atoms with Crippen LogP contribution >= 0.6 is 11.3 Å². The average Bonchev–Trinajstić information content (AvgIpc) is 3.39. The molecule has 9 nitrogen and oxygen atoms in total. The molecule has 2 aromatic carbocycles. The summed E-state index contributed by atoms with van der Waals surface area (Å²) in [5.41, 5.74) is 3.86. The maximum absolute atomic E-state index is 12.7. The number of hydrogen-bond donors (Lipinski definition) is 2. The van der Waals surface area contributed by atoms with Crippen LogP contribution in [0.4, 0.5) is 11.6 Å². The van der Waals surface area contributed by atoms with Crippen LogP contribution in [0.2, 0.25) is 0 Å². The SMILES string of the molecule is CC(=O)Nc1ccc(-c2csc3nc(NC(=O)/C=C/c4coc5ccc(C)cc5c4=O)nn23)cc1. The van der Waals surface area contributed by atoms with E-state index in [9.17, 15) is 14.4 Å². The third-order valence-corrected chi connectivity index (χ3v) is 6.00. The molecule has 0 spiro atoms. The van der Waals surface area contributed by atoms with Crippen molar-refractivity contribution in [2.75, 3.05) is 10.6 Å². The number of rotatable bonds is 5. The van der Waals surface area contributed by atoms with Gasteiger partial charge >= 0.3 is 0 Å². The second kappa shape index (κ2) is 8.99. The molecule has 0 unspecified atom stereocenters. The fraction of sp³-hybridized carbons (Fsp3) is 0.0800. The molecule has 0 aliphatic rings. The van der Waals surface area contributed by atoms with E-state index in [4.69, 9.17) is 4.42 Å². The summed E-state index contributed by atoms with van der Waals surface area (Å²) in [7, 11) is 0. The van der Waals surface area contributed by atoms with Crippen LogP contribution < -0.4 is 16.1 Å². The predicted octanol–water partition coefficient (Wildman–Crippen LogP) is 4.48. The van der Waals surface area contributed by atoms with Crippen LogP contribution in [0.5, 0.6) is 0 Å². The van der Waals surface area contributed by atoms with Crippen molar-refractivity contribution < 1.29 is 14.0 Å². The van der Waals surface area contributed by atoms with Gasteiger partial charge in [0.05, 0.1) is 16.6 Å². The van der Waals surface area contributed by atoms with Gasteiger partial charge in [0.25, 0.3) is 11.9 Å². The van der Waals surface area contributed by atoms with Crippen molar-refractivity contribution in [1.29, 1.82) is 0 Å². The molecule has 0 saturated carbocycles. The molecule has 10 heteroatoms. The van der Waals surface area contributed by atoms with Gasteiger partial charge in [0.2, 0.25) is 10.9 Å². The number of nitrogens with zero attached hydrogens (tertiary/aromatic N) is 3. The van der Waals surface area contributed by atoms with Crippen molar-refractivity contribution in [1.82, 2.24) is 14.6 Å². The molecule has 2 N–H and O–H groups in total. The van der Waals surface area contributed by atoms with Crippen LogP contribution in [0.25, 0.3) is 33.3 Å². The quantitative estimate of drug-likeness (QED) is 0.354. The lowest BCUT2D eigenvalue weighted by Gasteiger charge is -2.03. The van der Waals surface area contributed by atoms with Gasteiger partial charge in [0.15, 0.2) is 5.43 Å². The lowest BCUT2D eigenvalue weighted by atomic mass is 10.1. The Morgan fingerprint density at radius 2 is 1.91 bits per heavy atom. The maximum atomic E-state index is 12.7. The zero-order chi connectivity index (χ0) is 24.5. The molecule has 0 bridgehead atoms. The van der Waals surface area contributed by atoms with Crippen LogP contribution in [0.15, 0.2) is 69.4 Å². The van der Waals surface area contributed by atoms with Crippen LogP contribution in [-0.2, 0) is 9.59 Å². The molecule has 0 radical (unpaired) electrons. The molecule has 5 rings (SSSR count). The smallest absolute Gasteiger partial charge is 0.250 e. The lowest BCUT2D eigenvalue weighted by Crippen LogP contribution is -2.10. The fourth-order valence-electron chi connectivity index (χ4n) is 3.55. The first-order valence-electron chi connectivity index (χ1n) is 10.6. The normalized spacial score (nSPS) is 11.4. The van der Waals surface area contributed by atoms with Crippen LogP contribution in [-0.4, -0.2) is 26.4 Å². The summed E-state index contributed by atoms with van der Waals surface area (Å²) in [6.07, 6.45) is 3.98. The molecule has 0 aliphatic heterocycles. The molecule has 3 aromatic heterocycles. The molecular formula is C25H19N5O4S. The van der Waals surface area contributed by atoms with Gasteiger partial charge < -0.3 is 9.73 Å². The summed E-state index contributed by atoms with van der Waals surface area (Å²) in [5, 5.41) is 12.1. The summed E-state index contributed by atoms with van der Waals surface area (Å²) in [4.78, 5) is 41.3. The number of thiazole rings is 1. The number of nitrogens with one attached hydrogen (secondary N) is 2. The van der Waals surface area contributed by atoms with Crippen LogP contribution in [0.3, 0.4) is 0 Å². The van der Waals surface area contributed by atoms with Crippen molar-refractivity contribution in [3.05, 3.63) is 81.5 Å². The lowest BCUT2D eigenvalue weighted by molar-refractivity contribution is -0.114. The Morgan fingerprint density at radius 1 is 1.11 bits per heavy atom. The van der Waals surface area contributed by atoms with E-state index in [1.54, 1.807) is 28.8 Å². The van der Waals surface area contributed by atoms with Crippen LogP contribution in [0.1, 0.15) is 18.1 Å². The largest absolute Gasteiger partial charge is 0.463 e. The van der Waals surface area contributed by atoms with E-state index in [2.05, 4.69) is 20.7 Å². The Morgan fingerprint density at radius 3 is 2.69 bits per heavy atom. The minimum Gasteiger partial charge on any atom is -0.463 e. The Labute approximate surface area is 202 Å². The molecule has 0 atom stereocenters. The molecular weight excluding hydrogens is 466 g/mol. The van der Waals surface area contributed by atoms with Gasteiger partial charge in [0.1, 0.15) is 11.8 Å². The van der Waals surface area contributed by atoms with Gasteiger partial charge in [-0.3, -0.25) is 19.7 Å². The number of hydrogen-bond acceptors (Lipinski definition) is 7. The van der Waals surface area contributed by atoms with E-state index in [1.807, 2.05) is 30.5 Å². The van der Waals surface area contributed by atoms with Gasteiger partial charge in [-0.1, -0.05) is 23.8 Å². The maximum Gasteiger partial charge on any atom is 0.250 e. The van der Waals surface area contributed by atoms with Crippen molar-refractivity contribution >= 4 is 56.8 Å². The highest BCUT2D eigenvalue weighted by Crippen LogP contribution is 2.27. The highest BCUT2D eigenvalue weighted by Gasteiger charge is 2.13. The Hall–Kier alpha value is -4.57. The summed E-state index contributed by atoms with van der Waals surface area (Å²) in [6.45, 7) is 3.35. The Bertz CT molecular complexity index is 1680. The zero-order valence-electron chi connectivity index (χ0n) is 18.7. The highest BCUT2D eigenvalue weighted by molar-refractivity contribution is 7.15. The van der Waals surface area contributed by atoms with Gasteiger partial charge in [-0.25, -0.2) is 4.52 Å². The highest BCUT2D eigenvalue weighted by atomic mass is 32.1. The number of fused-ring (bicyclic) bond motifs is 2. The molecule has 2 amide bonds. The second-order valence-electron chi connectivity index (χ2n) is 7.85. The zero-order valence-corrected chi connectivity index (χ0v) is 19.6. The van der Waals surface area contributed by atoms with Crippen LogP contribution in [0, 0.1) is 6.92 Å². The Kier molecular flexibility index (Phi) is 5.71. The molecule has 0 aliphatic carbocycles. The third kappa shape index (κ3) is 4.59. The van der Waals surface area contributed by atoms with E-state index >= 15 is 0 Å². The van der Waals surface area contributed by atoms with Crippen molar-refractivity contribution in [3.8, 4) is 11.3 Å². The average molecular weight is 486 g/mol. The van der Waals surface area contributed by atoms with Gasteiger partial charge in [-0.2, -0.15) is 4.98 Å². The number of benzene rings is 2. The fourth-order valence-corrected chi connectivity index (χ4v) is 4.38. The third-order valence-electron chi connectivity index (χ3n) is 5.19. The molecule has 3 heterocycles. The summed E-state index contributed by atoms with van der Waals surface area (Å²) in [5.74, 6) is -0.477. The van der Waals surface area contributed by atoms with E-state index in [0.29, 0.717) is 21.6 Å². The monoisotopic (exact) mass is 485 g/mol. The first kappa shape index (κ1) is 22.2. The van der Waals surface area contributed by atoms with E-state index in [1.165, 1.54) is 36.7 Å². The minimum absolute atomic E-state index is 0.141. The van der Waals surface area contributed by atoms with E-state index in [-0.39, 0.29) is 22.8 Å². The van der Waals surface area contributed by atoms with Crippen molar-refractivity contribution in [2.45, 2.75) is 13.8 Å². The minimum atomic E-state index is -0.479. The molecule has 0 fully saturated rings. The number of carbonyl (C=O) groups excluding carboxylic acids is 2. The van der Waals surface area contributed by atoms with Gasteiger partial charge in [-0.05, 0) is 37.3 Å². The first-order valence-corrected chi connectivity index (χ1v) is 11.5. The van der Waals surface area contributed by atoms with Crippen molar-refractivity contribution in [2.24, 2.45) is 0 Å². The van der Waals surface area contributed by atoms with Gasteiger partial charge in [-0.15, -0.1) is 16.4 Å². The van der Waals surface area contributed by atoms with Gasteiger partial charge in [0, 0.05) is 29.6 Å². The van der Waals surface area contributed by atoms with E-state index in [0.717, 1.165) is 16.8 Å². The predicted molar refractivity (Wildman–Crippen MR) is 135 cm³/mol. The molecule has 0 saturated heterocycles. The number of amides is 2. The standard InChI is InChI=1S/C25H19N5O4S/c1-14-3-9-21-19(11-14)23(33)17(12-34-21)6-10-22(32)27-24-28-25-30(29-24)20(13-35-25)16-4-7-18(8-5-16)26-15(2)31/h3-13H,1-2H3,(H,26,31)(H,27,29,32)/b10-6+. The topological polar surface area (TPSA) is 119 Å². The summed E-state index contributed by atoms with van der Waals surface area (Å²) < 4.78 is 7.15. The van der Waals surface area contributed by atoms with E-state index < -0.39 is 5.91 Å². The molecule has 35 heavy (non-hydrogen) atoms. The second-order valence-corrected chi connectivity index (χ2v) is 8.69. The number of aryl methyl sites for hydroxylation is 1. The Balaban J connectivity index is 1.33. The summed E-state index contributed by atoms with van der Waals surface area (Å²) >= 11 is 1.38. The summed E-state index contributed by atoms with van der Waals surface area (Å²) in [6, 6.07) is 12.7. The molecule has 5 aromatic rings. The number of anilines is 2.